The van der Waals surface area contributed by atoms with Crippen molar-refractivity contribution in [3.8, 4) is 0 Å². The van der Waals surface area contributed by atoms with E-state index >= 15 is 0 Å². The van der Waals surface area contributed by atoms with Crippen molar-refractivity contribution >= 4 is 27.3 Å². The fourth-order valence-electron chi connectivity index (χ4n) is 0.801. The normalized spacial score (nSPS) is 15.9. The van der Waals surface area contributed by atoms with Gasteiger partial charge < -0.3 is 0 Å². The maximum absolute atomic E-state index is 11.6. The van der Waals surface area contributed by atoms with Crippen LogP contribution in [0.5, 0.6) is 0 Å². The van der Waals surface area contributed by atoms with E-state index in [0.717, 1.165) is 0 Å². The van der Waals surface area contributed by atoms with Crippen LogP contribution in [0.15, 0.2) is 4.40 Å². The molecule has 7 heteroatoms. The van der Waals surface area contributed by atoms with E-state index < -0.39 is 25.9 Å². The number of hydrogen-bond acceptors (Lipinski definition) is 4. The van der Waals surface area contributed by atoms with Crippen LogP contribution < -0.4 is 0 Å². The Bertz CT molecular complexity index is 428. The van der Waals surface area contributed by atoms with E-state index in [1.54, 1.807) is 0 Å². The molecule has 1 unspecified atom stereocenters. The molecule has 0 rings (SSSR count). The van der Waals surface area contributed by atoms with Gasteiger partial charge in [-0.15, -0.1) is 0 Å². The molecule has 0 bridgehead atoms. The summed E-state index contributed by atoms with van der Waals surface area (Å²) in [6, 6.07) is 0. The van der Waals surface area contributed by atoms with E-state index in [4.69, 9.17) is 4.18 Å². The number of hydrogen-bond donors (Lipinski definition) is 0. The standard InChI is InChI=1S/C12H25NO4S2/c1-11(2,3)10-17-19(15,16)9-7-8-13-18(14)12(4,5)6/h8H,7,9-10H2,1-6H3. The van der Waals surface area contributed by atoms with E-state index in [9.17, 15) is 12.6 Å². The summed E-state index contributed by atoms with van der Waals surface area (Å²) in [5.41, 5.74) is -0.200. The first kappa shape index (κ1) is 18.7. The van der Waals surface area contributed by atoms with Crippen molar-refractivity contribution in [2.24, 2.45) is 9.81 Å². The number of nitrogens with zero attached hydrogens (tertiary/aromatic N) is 1. The smallest absolute Gasteiger partial charge is 0.267 e. The lowest BCUT2D eigenvalue weighted by molar-refractivity contribution is 0.203. The fraction of sp³-hybridized carbons (Fsp3) is 0.917. The molecule has 1 atom stereocenters. The summed E-state index contributed by atoms with van der Waals surface area (Å²) in [7, 11) is -4.89. The summed E-state index contributed by atoms with van der Waals surface area (Å²) >= 11 is 0. The second-order valence-corrected chi connectivity index (χ2v) is 10.2. The summed E-state index contributed by atoms with van der Waals surface area (Å²) in [5, 5.41) is 0. The quantitative estimate of drug-likeness (QED) is 0.557. The first-order valence-corrected chi connectivity index (χ1v) is 8.83. The van der Waals surface area contributed by atoms with Gasteiger partial charge in [0.1, 0.15) is 11.0 Å². The van der Waals surface area contributed by atoms with Gasteiger partial charge in [-0.2, -0.15) is 12.8 Å². The minimum Gasteiger partial charge on any atom is -0.270 e. The number of rotatable bonds is 6. The van der Waals surface area contributed by atoms with Gasteiger partial charge in [0, 0.05) is 6.21 Å². The zero-order valence-corrected chi connectivity index (χ0v) is 14.2. The van der Waals surface area contributed by atoms with Crippen LogP contribution in [-0.2, 0) is 25.3 Å². The fourth-order valence-corrected chi connectivity index (χ4v) is 2.40. The minimum absolute atomic E-state index is 0.145. The second kappa shape index (κ2) is 6.95. The van der Waals surface area contributed by atoms with Crippen LogP contribution in [-0.4, -0.2) is 35.9 Å². The Morgan fingerprint density at radius 2 is 1.68 bits per heavy atom. The van der Waals surface area contributed by atoms with Gasteiger partial charge in [0.25, 0.3) is 10.1 Å². The molecule has 19 heavy (non-hydrogen) atoms. The molecule has 5 nitrogen and oxygen atoms in total. The van der Waals surface area contributed by atoms with Crippen LogP contribution >= 0.6 is 0 Å². The first-order chi connectivity index (χ1) is 8.33. The van der Waals surface area contributed by atoms with E-state index in [2.05, 4.69) is 4.40 Å². The summed E-state index contributed by atoms with van der Waals surface area (Å²) < 4.78 is 43.0. The van der Waals surface area contributed by atoms with Crippen molar-refractivity contribution in [1.29, 1.82) is 0 Å². The highest BCUT2D eigenvalue weighted by atomic mass is 32.2. The summed E-state index contributed by atoms with van der Waals surface area (Å²) in [5.74, 6) is -0.145. The predicted molar refractivity (Wildman–Crippen MR) is 80.2 cm³/mol. The van der Waals surface area contributed by atoms with Gasteiger partial charge in [-0.1, -0.05) is 20.8 Å². The molecule has 0 aliphatic carbocycles. The average molecular weight is 311 g/mol. The van der Waals surface area contributed by atoms with Gasteiger partial charge in [-0.3, -0.25) is 4.18 Å². The second-order valence-electron chi connectivity index (χ2n) is 6.52. The molecule has 114 valence electrons. The molecule has 0 radical (unpaired) electrons. The SMILES string of the molecule is CC(C)(C)COS(=O)(=O)CCC=NS(=O)C(C)(C)C. The Morgan fingerprint density at radius 3 is 2.11 bits per heavy atom. The molecular weight excluding hydrogens is 286 g/mol. The molecule has 0 heterocycles. The van der Waals surface area contributed by atoms with Crippen molar-refractivity contribution in [2.45, 2.75) is 52.7 Å². The van der Waals surface area contributed by atoms with E-state index in [1.165, 1.54) is 6.21 Å². The average Bonchev–Trinajstić information content (AvgIpc) is 2.19. The summed E-state index contributed by atoms with van der Waals surface area (Å²) in [6.07, 6.45) is 1.59. The van der Waals surface area contributed by atoms with Gasteiger partial charge in [0.05, 0.1) is 17.1 Å². The Morgan fingerprint density at radius 1 is 1.16 bits per heavy atom. The van der Waals surface area contributed by atoms with Crippen molar-refractivity contribution < 1.29 is 16.8 Å². The molecule has 0 amide bonds. The van der Waals surface area contributed by atoms with Gasteiger partial charge in [0.15, 0.2) is 0 Å². The summed E-state index contributed by atoms with van der Waals surface area (Å²) in [6.45, 7) is 11.3. The zero-order chi connectivity index (χ0) is 15.3. The lowest BCUT2D eigenvalue weighted by Crippen LogP contribution is -2.21. The predicted octanol–water partition coefficient (Wildman–Crippen LogP) is 2.30. The molecule has 0 aliphatic heterocycles. The largest absolute Gasteiger partial charge is 0.270 e. The molecular formula is C12H25NO4S2. The van der Waals surface area contributed by atoms with Crippen molar-refractivity contribution in [3.05, 3.63) is 0 Å². The molecule has 0 fully saturated rings. The van der Waals surface area contributed by atoms with Gasteiger partial charge in [-0.25, -0.2) is 4.21 Å². The van der Waals surface area contributed by atoms with Crippen LogP contribution in [0.4, 0.5) is 0 Å². The molecule has 0 aromatic heterocycles. The lowest BCUT2D eigenvalue weighted by Gasteiger charge is -2.17. The molecule has 0 saturated carbocycles. The Kier molecular flexibility index (Phi) is 6.85. The summed E-state index contributed by atoms with van der Waals surface area (Å²) in [4.78, 5) is 0. The Balaban J connectivity index is 4.21. The topological polar surface area (TPSA) is 72.8 Å². The van der Waals surface area contributed by atoms with E-state index in [1.807, 2.05) is 41.5 Å². The molecule has 0 aliphatic rings. The maximum atomic E-state index is 11.6. The Hall–Kier alpha value is -0.270. The highest BCUT2D eigenvalue weighted by molar-refractivity contribution is 7.86. The highest BCUT2D eigenvalue weighted by Gasteiger charge is 2.19. The van der Waals surface area contributed by atoms with Crippen LogP contribution in [0.3, 0.4) is 0 Å². The van der Waals surface area contributed by atoms with Gasteiger partial charge in [-0.05, 0) is 32.6 Å². The minimum atomic E-state index is -3.54. The van der Waals surface area contributed by atoms with Crippen molar-refractivity contribution in [3.63, 3.8) is 0 Å². The van der Waals surface area contributed by atoms with Crippen molar-refractivity contribution in [2.75, 3.05) is 12.4 Å². The van der Waals surface area contributed by atoms with Gasteiger partial charge >= 0.3 is 0 Å². The molecule has 0 spiro atoms. The maximum Gasteiger partial charge on any atom is 0.267 e. The van der Waals surface area contributed by atoms with Gasteiger partial charge in [0.2, 0.25) is 0 Å². The van der Waals surface area contributed by atoms with Crippen LogP contribution in [0.2, 0.25) is 0 Å². The zero-order valence-electron chi connectivity index (χ0n) is 12.6. The third-order valence-electron chi connectivity index (χ3n) is 1.86. The molecule has 0 saturated heterocycles. The van der Waals surface area contributed by atoms with Crippen molar-refractivity contribution in [1.82, 2.24) is 0 Å². The van der Waals surface area contributed by atoms with E-state index in [-0.39, 0.29) is 24.2 Å². The highest BCUT2D eigenvalue weighted by Crippen LogP contribution is 2.15. The molecule has 0 N–H and O–H groups in total. The van der Waals surface area contributed by atoms with Crippen LogP contribution in [0, 0.1) is 5.41 Å². The third-order valence-corrected chi connectivity index (χ3v) is 4.46. The first-order valence-electron chi connectivity index (χ1n) is 6.15. The third kappa shape index (κ3) is 10.2. The molecule has 0 aromatic rings. The monoisotopic (exact) mass is 311 g/mol. The van der Waals surface area contributed by atoms with Crippen LogP contribution in [0.25, 0.3) is 0 Å². The lowest BCUT2D eigenvalue weighted by atomic mass is 9.99. The van der Waals surface area contributed by atoms with Crippen LogP contribution in [0.1, 0.15) is 48.0 Å². The Labute approximate surface area is 119 Å². The van der Waals surface area contributed by atoms with E-state index in [0.29, 0.717) is 0 Å². The molecule has 0 aromatic carbocycles.